The molecule has 0 fully saturated rings. The molecule has 0 bridgehead atoms. The van der Waals surface area contributed by atoms with Crippen molar-refractivity contribution < 1.29 is 14.3 Å². The number of halogens is 2. The Bertz CT molecular complexity index is 779. The predicted octanol–water partition coefficient (Wildman–Crippen LogP) is 4.21. The summed E-state index contributed by atoms with van der Waals surface area (Å²) in [5.41, 5.74) is 4.80. The summed E-state index contributed by atoms with van der Waals surface area (Å²) >= 11 is 6.67. The van der Waals surface area contributed by atoms with Crippen LogP contribution in [0.25, 0.3) is 0 Å². The van der Waals surface area contributed by atoms with E-state index in [1.807, 2.05) is 19.1 Å². The number of rotatable bonds is 4. The molecule has 0 radical (unpaired) electrons. The Morgan fingerprint density at radius 3 is 2.25 bits per heavy atom. The minimum atomic E-state index is -0.414. The third-order valence-corrected chi connectivity index (χ3v) is 4.14. The lowest BCUT2D eigenvalue weighted by molar-refractivity contribution is -0.131. The van der Waals surface area contributed by atoms with Crippen LogP contribution < -0.4 is 10.2 Å². The maximum atomic E-state index is 12.0. The van der Waals surface area contributed by atoms with E-state index < -0.39 is 5.97 Å². The number of carbonyl (C=O) groups excluding carboxylic acids is 2. The summed E-state index contributed by atoms with van der Waals surface area (Å²) in [5.74, 6) is -0.313. The molecule has 0 atom stereocenters. The average molecular weight is 454 g/mol. The van der Waals surface area contributed by atoms with Crippen LogP contribution in [-0.4, -0.2) is 18.1 Å². The largest absolute Gasteiger partial charge is 0.424 e. The van der Waals surface area contributed by atoms with Crippen LogP contribution in [0, 0.1) is 6.92 Å². The molecular formula is C17H14Br2N2O3. The zero-order valence-corrected chi connectivity index (χ0v) is 16.1. The Morgan fingerprint density at radius 2 is 1.71 bits per heavy atom. The lowest BCUT2D eigenvalue weighted by Crippen LogP contribution is -2.17. The quantitative estimate of drug-likeness (QED) is 0.326. The van der Waals surface area contributed by atoms with Crippen molar-refractivity contribution in [3.8, 4) is 5.75 Å². The highest BCUT2D eigenvalue weighted by molar-refractivity contribution is 9.11. The number of aryl methyl sites for hydroxylation is 1. The second kappa shape index (κ2) is 8.21. The van der Waals surface area contributed by atoms with Crippen molar-refractivity contribution in [2.75, 3.05) is 0 Å². The summed E-state index contributed by atoms with van der Waals surface area (Å²) in [6.07, 6.45) is 1.50. The van der Waals surface area contributed by atoms with Crippen LogP contribution in [0.1, 0.15) is 28.4 Å². The highest BCUT2D eigenvalue weighted by Gasteiger charge is 2.10. The second-order valence-electron chi connectivity index (χ2n) is 4.97. The average Bonchev–Trinajstić information content (AvgIpc) is 2.51. The van der Waals surface area contributed by atoms with Crippen LogP contribution in [0.3, 0.4) is 0 Å². The molecule has 0 aliphatic carbocycles. The van der Waals surface area contributed by atoms with Gasteiger partial charge in [-0.3, -0.25) is 9.59 Å². The molecule has 1 amide bonds. The summed E-state index contributed by atoms with van der Waals surface area (Å²) in [6, 6.07) is 10.7. The first kappa shape index (κ1) is 18.4. The van der Waals surface area contributed by atoms with E-state index in [4.69, 9.17) is 4.74 Å². The molecule has 124 valence electrons. The Kier molecular flexibility index (Phi) is 6.28. The number of esters is 1. The number of nitrogens with one attached hydrogen (secondary N) is 1. The van der Waals surface area contributed by atoms with Crippen LogP contribution in [0.5, 0.6) is 5.75 Å². The SMILES string of the molecule is CC(=O)Oc1c(Br)cc(/C=N\NC(=O)c2ccc(C)cc2)cc1Br. The molecule has 2 aromatic carbocycles. The van der Waals surface area contributed by atoms with Crippen LogP contribution >= 0.6 is 31.9 Å². The predicted molar refractivity (Wildman–Crippen MR) is 99.4 cm³/mol. The van der Waals surface area contributed by atoms with Gasteiger partial charge in [-0.1, -0.05) is 17.7 Å². The molecular weight excluding hydrogens is 440 g/mol. The second-order valence-corrected chi connectivity index (χ2v) is 6.68. The molecule has 0 saturated heterocycles. The monoisotopic (exact) mass is 452 g/mol. The van der Waals surface area contributed by atoms with Crippen LogP contribution in [0.2, 0.25) is 0 Å². The van der Waals surface area contributed by atoms with Gasteiger partial charge in [-0.15, -0.1) is 0 Å². The molecule has 1 N–H and O–H groups in total. The smallest absolute Gasteiger partial charge is 0.308 e. The number of hydrogen-bond acceptors (Lipinski definition) is 4. The van der Waals surface area contributed by atoms with Crippen molar-refractivity contribution in [2.24, 2.45) is 5.10 Å². The molecule has 0 unspecified atom stereocenters. The number of nitrogens with zero attached hydrogens (tertiary/aromatic N) is 1. The summed E-state index contributed by atoms with van der Waals surface area (Å²) < 4.78 is 6.29. The zero-order chi connectivity index (χ0) is 17.7. The molecule has 0 aliphatic heterocycles. The lowest BCUT2D eigenvalue weighted by Gasteiger charge is -2.07. The maximum Gasteiger partial charge on any atom is 0.308 e. The fourth-order valence-electron chi connectivity index (χ4n) is 1.83. The third-order valence-electron chi connectivity index (χ3n) is 2.96. The van der Waals surface area contributed by atoms with Crippen LogP contribution in [-0.2, 0) is 4.79 Å². The first-order valence-electron chi connectivity index (χ1n) is 6.94. The normalized spacial score (nSPS) is 10.7. The van der Waals surface area contributed by atoms with E-state index in [1.165, 1.54) is 13.1 Å². The van der Waals surface area contributed by atoms with Crippen molar-refractivity contribution in [3.63, 3.8) is 0 Å². The minimum Gasteiger partial charge on any atom is -0.424 e. The van der Waals surface area contributed by atoms with Gasteiger partial charge in [0.25, 0.3) is 5.91 Å². The Morgan fingerprint density at radius 1 is 1.12 bits per heavy atom. The van der Waals surface area contributed by atoms with E-state index in [9.17, 15) is 9.59 Å². The van der Waals surface area contributed by atoms with Crippen molar-refractivity contribution >= 4 is 50.0 Å². The molecule has 5 nitrogen and oxygen atoms in total. The van der Waals surface area contributed by atoms with Gasteiger partial charge in [0.05, 0.1) is 15.2 Å². The number of benzene rings is 2. The summed E-state index contributed by atoms with van der Waals surface area (Å²) in [4.78, 5) is 23.0. The Labute approximate surface area is 156 Å². The third kappa shape index (κ3) is 5.01. The van der Waals surface area contributed by atoms with Gasteiger partial charge in [-0.05, 0) is 68.6 Å². The lowest BCUT2D eigenvalue weighted by atomic mass is 10.1. The maximum absolute atomic E-state index is 12.0. The van der Waals surface area contributed by atoms with Crippen molar-refractivity contribution in [3.05, 3.63) is 62.0 Å². The van der Waals surface area contributed by atoms with Gasteiger partial charge in [0, 0.05) is 12.5 Å². The number of ether oxygens (including phenoxy) is 1. The molecule has 7 heteroatoms. The van der Waals surface area contributed by atoms with Gasteiger partial charge in [0.15, 0.2) is 5.75 Å². The van der Waals surface area contributed by atoms with Gasteiger partial charge >= 0.3 is 5.97 Å². The number of hydrogen-bond donors (Lipinski definition) is 1. The Balaban J connectivity index is 2.08. The van der Waals surface area contributed by atoms with Gasteiger partial charge < -0.3 is 4.74 Å². The van der Waals surface area contributed by atoms with Crippen molar-refractivity contribution in [1.82, 2.24) is 5.43 Å². The first-order chi connectivity index (χ1) is 11.4. The summed E-state index contributed by atoms with van der Waals surface area (Å²) in [5, 5.41) is 3.94. The Hall–Kier alpha value is -1.99. The van der Waals surface area contributed by atoms with E-state index in [1.54, 1.807) is 24.3 Å². The summed E-state index contributed by atoms with van der Waals surface area (Å²) in [6.45, 7) is 3.28. The molecule has 0 saturated carbocycles. The summed E-state index contributed by atoms with van der Waals surface area (Å²) in [7, 11) is 0. The van der Waals surface area contributed by atoms with E-state index in [2.05, 4.69) is 42.4 Å². The molecule has 0 heterocycles. The van der Waals surface area contributed by atoms with E-state index in [0.29, 0.717) is 25.8 Å². The van der Waals surface area contributed by atoms with Crippen molar-refractivity contribution in [2.45, 2.75) is 13.8 Å². The van der Waals surface area contributed by atoms with Crippen molar-refractivity contribution in [1.29, 1.82) is 0 Å². The highest BCUT2D eigenvalue weighted by atomic mass is 79.9. The highest BCUT2D eigenvalue weighted by Crippen LogP contribution is 2.34. The van der Waals surface area contributed by atoms with Gasteiger partial charge in [0.2, 0.25) is 0 Å². The molecule has 0 aromatic heterocycles. The van der Waals surface area contributed by atoms with E-state index in [-0.39, 0.29) is 5.91 Å². The van der Waals surface area contributed by atoms with Gasteiger partial charge in [-0.2, -0.15) is 5.10 Å². The van der Waals surface area contributed by atoms with Crippen LogP contribution in [0.4, 0.5) is 0 Å². The molecule has 0 aliphatic rings. The van der Waals surface area contributed by atoms with E-state index >= 15 is 0 Å². The number of amides is 1. The molecule has 0 spiro atoms. The van der Waals surface area contributed by atoms with E-state index in [0.717, 1.165) is 5.56 Å². The fourth-order valence-corrected chi connectivity index (χ4v) is 3.21. The molecule has 2 rings (SSSR count). The molecule has 2 aromatic rings. The zero-order valence-electron chi connectivity index (χ0n) is 13.0. The first-order valence-corrected chi connectivity index (χ1v) is 8.53. The number of carbonyl (C=O) groups is 2. The minimum absolute atomic E-state index is 0.291. The van der Waals surface area contributed by atoms with Crippen LogP contribution in [0.15, 0.2) is 50.4 Å². The van der Waals surface area contributed by atoms with Gasteiger partial charge in [-0.25, -0.2) is 5.43 Å². The molecule has 24 heavy (non-hydrogen) atoms. The standard InChI is InChI=1S/C17H14Br2N2O3/c1-10-3-5-13(6-4-10)17(23)21-20-9-12-7-14(18)16(15(19)8-12)24-11(2)22/h3-9H,1-2H3,(H,21,23)/b20-9-. The van der Waals surface area contributed by atoms with Gasteiger partial charge in [0.1, 0.15) is 0 Å². The number of hydrazone groups is 1. The topological polar surface area (TPSA) is 67.8 Å². The fraction of sp³-hybridized carbons (Fsp3) is 0.118.